The number of ketones is 1. The first-order valence-electron chi connectivity index (χ1n) is 8.97. The first-order chi connectivity index (χ1) is 10.8. The van der Waals surface area contributed by atoms with Crippen LogP contribution in [0.25, 0.3) is 0 Å². The van der Waals surface area contributed by atoms with Crippen molar-refractivity contribution < 1.29 is 9.53 Å². The number of aryl methyl sites for hydroxylation is 1. The van der Waals surface area contributed by atoms with Crippen molar-refractivity contribution in [2.24, 2.45) is 5.92 Å². The molecule has 1 aromatic carbocycles. The van der Waals surface area contributed by atoms with Gasteiger partial charge in [-0.05, 0) is 49.3 Å². The summed E-state index contributed by atoms with van der Waals surface area (Å²) in [7, 11) is 1.63. The van der Waals surface area contributed by atoms with E-state index >= 15 is 0 Å². The second-order valence-electron chi connectivity index (χ2n) is 6.10. The Labute approximate surface area is 144 Å². The van der Waals surface area contributed by atoms with E-state index in [9.17, 15) is 4.79 Å². The van der Waals surface area contributed by atoms with Gasteiger partial charge in [0.05, 0.1) is 12.7 Å². The molecule has 0 radical (unpaired) electrons. The van der Waals surface area contributed by atoms with Gasteiger partial charge in [0.25, 0.3) is 0 Å². The van der Waals surface area contributed by atoms with E-state index in [1.54, 1.807) is 14.0 Å². The standard InChI is InChI=1S/C14H20O2.C5H12.C2H6/c1-6-10(3)12-7-9(2)8-13(11(4)15)14(12)16-5;1-4-5(2)3;1-2/h7-8,10H,6H2,1-5H3;5H,4H2,1-3H3;1-2H3. The van der Waals surface area contributed by atoms with Crippen molar-refractivity contribution in [1.82, 2.24) is 0 Å². The van der Waals surface area contributed by atoms with Crippen molar-refractivity contribution >= 4 is 5.78 Å². The summed E-state index contributed by atoms with van der Waals surface area (Å²) in [6.07, 6.45) is 2.34. The summed E-state index contributed by atoms with van der Waals surface area (Å²) in [5.41, 5.74) is 2.94. The van der Waals surface area contributed by atoms with Crippen molar-refractivity contribution in [3.05, 3.63) is 28.8 Å². The average Bonchev–Trinajstić information content (AvgIpc) is 2.55. The number of hydrogen-bond acceptors (Lipinski definition) is 2. The Morgan fingerprint density at radius 1 is 1.09 bits per heavy atom. The second kappa shape index (κ2) is 13.2. The molecule has 0 spiro atoms. The highest BCUT2D eigenvalue weighted by molar-refractivity contribution is 5.97. The van der Waals surface area contributed by atoms with Crippen molar-refractivity contribution in [1.29, 1.82) is 0 Å². The van der Waals surface area contributed by atoms with Crippen LogP contribution in [0.15, 0.2) is 12.1 Å². The Morgan fingerprint density at radius 2 is 1.57 bits per heavy atom. The molecule has 0 fully saturated rings. The predicted molar refractivity (Wildman–Crippen MR) is 103 cm³/mol. The Balaban J connectivity index is 0. The van der Waals surface area contributed by atoms with E-state index in [1.165, 1.54) is 6.42 Å². The molecule has 0 saturated carbocycles. The summed E-state index contributed by atoms with van der Waals surface area (Å²) in [6.45, 7) is 18.5. The first-order valence-corrected chi connectivity index (χ1v) is 8.97. The maximum absolute atomic E-state index is 11.6. The Morgan fingerprint density at radius 3 is 1.87 bits per heavy atom. The number of Topliss-reactive ketones (excluding diaryl/α,β-unsaturated/α-hetero) is 1. The SMILES string of the molecule is CC.CCC(C)C.CCC(C)c1cc(C)cc(C(C)=O)c1OC. The summed E-state index contributed by atoms with van der Waals surface area (Å²) >= 11 is 0. The van der Waals surface area contributed by atoms with Gasteiger partial charge in [0, 0.05) is 0 Å². The van der Waals surface area contributed by atoms with Gasteiger partial charge in [-0.3, -0.25) is 4.79 Å². The van der Waals surface area contributed by atoms with E-state index in [0.29, 0.717) is 11.5 Å². The number of hydrogen-bond donors (Lipinski definition) is 0. The zero-order valence-electron chi connectivity index (χ0n) is 17.0. The maximum atomic E-state index is 11.6. The number of carbonyl (C=O) groups excluding carboxylic acids is 1. The third kappa shape index (κ3) is 8.78. The van der Waals surface area contributed by atoms with Crippen molar-refractivity contribution in [3.8, 4) is 5.75 Å². The summed E-state index contributed by atoms with van der Waals surface area (Å²) in [4.78, 5) is 11.6. The zero-order valence-corrected chi connectivity index (χ0v) is 17.0. The molecule has 0 bridgehead atoms. The minimum absolute atomic E-state index is 0.0603. The Kier molecular flexibility index (Phi) is 13.7. The summed E-state index contributed by atoms with van der Waals surface area (Å²) in [5.74, 6) is 2.10. The molecule has 1 unspecified atom stereocenters. The van der Waals surface area contributed by atoms with Gasteiger partial charge in [-0.2, -0.15) is 0 Å². The van der Waals surface area contributed by atoms with E-state index in [1.807, 2.05) is 26.8 Å². The molecule has 2 nitrogen and oxygen atoms in total. The zero-order chi connectivity index (χ0) is 18.6. The van der Waals surface area contributed by atoms with E-state index < -0.39 is 0 Å². The van der Waals surface area contributed by atoms with Crippen LogP contribution in [0.2, 0.25) is 0 Å². The molecule has 2 heteroatoms. The van der Waals surface area contributed by atoms with E-state index in [2.05, 4.69) is 40.7 Å². The lowest BCUT2D eigenvalue weighted by molar-refractivity contribution is 0.101. The molecular weight excluding hydrogens is 284 g/mol. The molecule has 0 amide bonds. The molecule has 0 aliphatic heterocycles. The van der Waals surface area contributed by atoms with Gasteiger partial charge >= 0.3 is 0 Å². The molecule has 0 saturated heterocycles. The largest absolute Gasteiger partial charge is 0.496 e. The number of ether oxygens (including phenoxy) is 1. The molecule has 23 heavy (non-hydrogen) atoms. The number of rotatable bonds is 5. The van der Waals surface area contributed by atoms with E-state index in [4.69, 9.17) is 4.74 Å². The minimum atomic E-state index is 0.0603. The smallest absolute Gasteiger partial charge is 0.163 e. The summed E-state index contributed by atoms with van der Waals surface area (Å²) < 4.78 is 5.39. The number of carbonyl (C=O) groups is 1. The normalized spacial score (nSPS) is 10.9. The molecule has 1 aromatic rings. The van der Waals surface area contributed by atoms with Crippen LogP contribution in [0.3, 0.4) is 0 Å². The van der Waals surface area contributed by atoms with Crippen LogP contribution in [0.4, 0.5) is 0 Å². The molecule has 1 atom stereocenters. The van der Waals surface area contributed by atoms with E-state index in [-0.39, 0.29) is 5.78 Å². The molecule has 0 N–H and O–H groups in total. The van der Waals surface area contributed by atoms with Crippen LogP contribution >= 0.6 is 0 Å². The average molecular weight is 323 g/mol. The maximum Gasteiger partial charge on any atom is 0.163 e. The Hall–Kier alpha value is -1.31. The molecule has 0 aliphatic carbocycles. The van der Waals surface area contributed by atoms with Crippen molar-refractivity contribution in [2.75, 3.05) is 7.11 Å². The molecule has 134 valence electrons. The fourth-order valence-electron chi connectivity index (χ4n) is 1.88. The molecule has 0 heterocycles. The quantitative estimate of drug-likeness (QED) is 0.557. The van der Waals surface area contributed by atoms with Gasteiger partial charge in [-0.1, -0.05) is 61.0 Å². The van der Waals surface area contributed by atoms with Gasteiger partial charge in [-0.25, -0.2) is 0 Å². The molecule has 1 rings (SSSR count). The van der Waals surface area contributed by atoms with Gasteiger partial charge in [0.2, 0.25) is 0 Å². The molecular formula is C21H38O2. The van der Waals surface area contributed by atoms with Crippen LogP contribution in [0.5, 0.6) is 5.75 Å². The lowest BCUT2D eigenvalue weighted by Crippen LogP contribution is -2.04. The fraction of sp³-hybridized carbons (Fsp3) is 0.667. The third-order valence-corrected chi connectivity index (χ3v) is 3.81. The van der Waals surface area contributed by atoms with Gasteiger partial charge in [0.1, 0.15) is 5.75 Å². The number of benzene rings is 1. The monoisotopic (exact) mass is 322 g/mol. The first kappa shape index (κ1) is 23.9. The fourth-order valence-corrected chi connectivity index (χ4v) is 1.88. The highest BCUT2D eigenvalue weighted by Crippen LogP contribution is 2.33. The summed E-state index contributed by atoms with van der Waals surface area (Å²) in [5, 5.41) is 0. The van der Waals surface area contributed by atoms with Crippen LogP contribution in [-0.2, 0) is 0 Å². The van der Waals surface area contributed by atoms with Crippen molar-refractivity contribution in [3.63, 3.8) is 0 Å². The van der Waals surface area contributed by atoms with Crippen LogP contribution in [0.1, 0.15) is 95.6 Å². The van der Waals surface area contributed by atoms with Crippen LogP contribution < -0.4 is 4.74 Å². The van der Waals surface area contributed by atoms with Gasteiger partial charge in [-0.15, -0.1) is 0 Å². The number of methoxy groups -OCH3 is 1. The molecule has 0 aliphatic rings. The lowest BCUT2D eigenvalue weighted by atomic mass is 9.92. The third-order valence-electron chi connectivity index (χ3n) is 3.81. The second-order valence-corrected chi connectivity index (χ2v) is 6.10. The highest BCUT2D eigenvalue weighted by Gasteiger charge is 2.17. The van der Waals surface area contributed by atoms with Crippen molar-refractivity contribution in [2.45, 2.75) is 81.1 Å². The van der Waals surface area contributed by atoms with Crippen LogP contribution in [0, 0.1) is 12.8 Å². The lowest BCUT2D eigenvalue weighted by Gasteiger charge is -2.17. The summed E-state index contributed by atoms with van der Waals surface area (Å²) in [6, 6.07) is 4.01. The van der Waals surface area contributed by atoms with Crippen LogP contribution in [-0.4, -0.2) is 12.9 Å². The predicted octanol–water partition coefficient (Wildman–Crippen LogP) is 6.80. The Bertz CT molecular complexity index is 447. The highest BCUT2D eigenvalue weighted by atomic mass is 16.5. The van der Waals surface area contributed by atoms with E-state index in [0.717, 1.165) is 29.2 Å². The molecule has 0 aromatic heterocycles. The minimum Gasteiger partial charge on any atom is -0.496 e. The van der Waals surface area contributed by atoms with Gasteiger partial charge < -0.3 is 4.74 Å². The topological polar surface area (TPSA) is 26.3 Å². The van der Waals surface area contributed by atoms with Gasteiger partial charge in [0.15, 0.2) is 5.78 Å².